The highest BCUT2D eigenvalue weighted by Crippen LogP contribution is 2.30. The van der Waals surface area contributed by atoms with Crippen molar-refractivity contribution in [2.24, 2.45) is 0 Å². The lowest BCUT2D eigenvalue weighted by molar-refractivity contribution is -0.137. The zero-order valence-electron chi connectivity index (χ0n) is 13.0. The molecule has 0 aliphatic carbocycles. The van der Waals surface area contributed by atoms with Gasteiger partial charge in [0, 0.05) is 25.4 Å². The monoisotopic (exact) mass is 330 g/mol. The van der Waals surface area contributed by atoms with Crippen molar-refractivity contribution >= 4 is 11.6 Å². The summed E-state index contributed by atoms with van der Waals surface area (Å²) in [5.74, 6) is -0.114. The third kappa shape index (κ3) is 5.13. The predicted octanol–water partition coefficient (Wildman–Crippen LogP) is 3.14. The Hall–Kier alpha value is -1.76. The molecule has 0 spiro atoms. The first-order valence-electron chi connectivity index (χ1n) is 7.70. The summed E-state index contributed by atoms with van der Waals surface area (Å²) in [5.41, 5.74) is -0.440. The molecule has 0 bridgehead atoms. The first-order valence-corrected chi connectivity index (χ1v) is 7.70. The van der Waals surface area contributed by atoms with Crippen molar-refractivity contribution in [2.45, 2.75) is 32.0 Å². The van der Waals surface area contributed by atoms with Gasteiger partial charge >= 0.3 is 6.18 Å². The van der Waals surface area contributed by atoms with E-state index >= 15 is 0 Å². The van der Waals surface area contributed by atoms with Crippen LogP contribution in [0.1, 0.15) is 25.3 Å². The molecule has 128 valence electrons. The number of likely N-dealkylation sites (tertiary alicyclic amines) is 1. The van der Waals surface area contributed by atoms with Crippen LogP contribution in [0.4, 0.5) is 18.9 Å². The number of benzene rings is 1. The number of piperidine rings is 1. The number of ether oxygens (including phenoxy) is 1. The molecule has 1 amide bonds. The maximum Gasteiger partial charge on any atom is 0.416 e. The number of nitrogens with one attached hydrogen (secondary N) is 1. The highest BCUT2D eigenvalue weighted by atomic mass is 19.4. The van der Waals surface area contributed by atoms with Crippen LogP contribution in [0.25, 0.3) is 0 Å². The van der Waals surface area contributed by atoms with E-state index in [9.17, 15) is 18.0 Å². The van der Waals surface area contributed by atoms with E-state index in [0.29, 0.717) is 19.7 Å². The Morgan fingerprint density at radius 3 is 2.65 bits per heavy atom. The second kappa shape index (κ2) is 7.68. The van der Waals surface area contributed by atoms with Crippen molar-refractivity contribution in [1.29, 1.82) is 0 Å². The number of rotatable bonds is 5. The fourth-order valence-corrected chi connectivity index (χ4v) is 2.60. The van der Waals surface area contributed by atoms with Crippen LogP contribution in [0.2, 0.25) is 0 Å². The molecule has 1 aromatic carbocycles. The Balaban J connectivity index is 1.83. The van der Waals surface area contributed by atoms with Gasteiger partial charge in [0.15, 0.2) is 0 Å². The number of nitrogens with zero attached hydrogens (tertiary/aromatic N) is 1. The average Bonchev–Trinajstić information content (AvgIpc) is 2.53. The third-order valence-electron chi connectivity index (χ3n) is 3.83. The molecule has 0 radical (unpaired) electrons. The maximum absolute atomic E-state index is 12.6. The number of anilines is 1. The number of halogens is 3. The van der Waals surface area contributed by atoms with Crippen molar-refractivity contribution in [3.63, 3.8) is 0 Å². The Morgan fingerprint density at radius 1 is 1.35 bits per heavy atom. The summed E-state index contributed by atoms with van der Waals surface area (Å²) in [6, 6.07) is 4.85. The standard InChI is InChI=1S/C16H21F3N2O2/c1-2-23-14-6-8-21(9-7-14)15(22)11-20-13-5-3-4-12(10-13)16(17,18)19/h3-5,10,14,20H,2,6-9,11H2,1H3. The summed E-state index contributed by atoms with van der Waals surface area (Å²) in [6.07, 6.45) is -2.60. The quantitative estimate of drug-likeness (QED) is 0.902. The molecule has 23 heavy (non-hydrogen) atoms. The van der Waals surface area contributed by atoms with Crippen LogP contribution < -0.4 is 5.32 Å². The van der Waals surface area contributed by atoms with Gasteiger partial charge in [0.1, 0.15) is 0 Å². The minimum Gasteiger partial charge on any atom is -0.378 e. The van der Waals surface area contributed by atoms with Gasteiger partial charge in [-0.05, 0) is 38.0 Å². The number of amides is 1. The van der Waals surface area contributed by atoms with Crippen LogP contribution in [0.3, 0.4) is 0 Å². The number of hydrogen-bond donors (Lipinski definition) is 1. The van der Waals surface area contributed by atoms with E-state index in [4.69, 9.17) is 4.74 Å². The molecule has 0 aromatic heterocycles. The van der Waals surface area contributed by atoms with Crippen LogP contribution in [-0.2, 0) is 15.7 Å². The van der Waals surface area contributed by atoms with Gasteiger partial charge in [0.2, 0.25) is 5.91 Å². The third-order valence-corrected chi connectivity index (χ3v) is 3.83. The maximum atomic E-state index is 12.6. The summed E-state index contributed by atoms with van der Waals surface area (Å²) < 4.78 is 43.5. The van der Waals surface area contributed by atoms with Crippen LogP contribution in [0.5, 0.6) is 0 Å². The first-order chi connectivity index (χ1) is 10.9. The predicted molar refractivity (Wildman–Crippen MR) is 81.2 cm³/mol. The SMILES string of the molecule is CCOC1CCN(C(=O)CNc2cccc(C(F)(F)F)c2)CC1. The number of carbonyl (C=O) groups excluding carboxylic acids is 1. The van der Waals surface area contributed by atoms with Gasteiger partial charge in [0.05, 0.1) is 18.2 Å². The highest BCUT2D eigenvalue weighted by molar-refractivity contribution is 5.81. The van der Waals surface area contributed by atoms with E-state index in [1.54, 1.807) is 4.90 Å². The lowest BCUT2D eigenvalue weighted by Gasteiger charge is -2.32. The topological polar surface area (TPSA) is 41.6 Å². The van der Waals surface area contributed by atoms with Crippen molar-refractivity contribution in [3.05, 3.63) is 29.8 Å². The van der Waals surface area contributed by atoms with Crippen molar-refractivity contribution in [1.82, 2.24) is 4.90 Å². The van der Waals surface area contributed by atoms with E-state index < -0.39 is 11.7 Å². The van der Waals surface area contributed by atoms with E-state index in [0.717, 1.165) is 25.0 Å². The molecule has 1 fully saturated rings. The van der Waals surface area contributed by atoms with Gasteiger partial charge in [-0.3, -0.25) is 4.79 Å². The fraction of sp³-hybridized carbons (Fsp3) is 0.562. The molecule has 1 aliphatic rings. The number of carbonyl (C=O) groups is 1. The normalized spacial score (nSPS) is 16.4. The fourth-order valence-electron chi connectivity index (χ4n) is 2.60. The minimum absolute atomic E-state index is 0.0133. The minimum atomic E-state index is -4.39. The molecule has 0 saturated carbocycles. The molecule has 0 unspecified atom stereocenters. The molecule has 1 aliphatic heterocycles. The zero-order chi connectivity index (χ0) is 16.9. The Morgan fingerprint density at radius 2 is 2.04 bits per heavy atom. The Kier molecular flexibility index (Phi) is 5.87. The molecule has 1 aromatic rings. The molecule has 7 heteroatoms. The lowest BCUT2D eigenvalue weighted by atomic mass is 10.1. The van der Waals surface area contributed by atoms with Gasteiger partial charge < -0.3 is 15.0 Å². The van der Waals surface area contributed by atoms with E-state index in [1.807, 2.05) is 6.92 Å². The molecule has 0 atom stereocenters. The van der Waals surface area contributed by atoms with Crippen molar-refractivity contribution in [3.8, 4) is 0 Å². The van der Waals surface area contributed by atoms with E-state index in [2.05, 4.69) is 5.32 Å². The lowest BCUT2D eigenvalue weighted by Crippen LogP contribution is -2.43. The van der Waals surface area contributed by atoms with Gasteiger partial charge in [-0.25, -0.2) is 0 Å². The molecule has 1 heterocycles. The van der Waals surface area contributed by atoms with Gasteiger partial charge in [-0.2, -0.15) is 13.2 Å². The zero-order valence-corrected chi connectivity index (χ0v) is 13.0. The summed E-state index contributed by atoms with van der Waals surface area (Å²) in [6.45, 7) is 3.83. The number of alkyl halides is 3. The van der Waals surface area contributed by atoms with Gasteiger partial charge in [-0.15, -0.1) is 0 Å². The second-order valence-corrected chi connectivity index (χ2v) is 5.47. The average molecular weight is 330 g/mol. The molecule has 2 rings (SSSR count). The molecular weight excluding hydrogens is 309 g/mol. The van der Waals surface area contributed by atoms with Gasteiger partial charge in [0.25, 0.3) is 0 Å². The summed E-state index contributed by atoms with van der Waals surface area (Å²) in [5, 5.41) is 2.77. The summed E-state index contributed by atoms with van der Waals surface area (Å²) in [7, 11) is 0. The Labute approximate surface area is 133 Å². The van der Waals surface area contributed by atoms with Crippen LogP contribution in [0.15, 0.2) is 24.3 Å². The number of hydrogen-bond acceptors (Lipinski definition) is 3. The molecular formula is C16H21F3N2O2. The molecule has 1 N–H and O–H groups in total. The van der Waals surface area contributed by atoms with Crippen molar-refractivity contribution in [2.75, 3.05) is 31.6 Å². The van der Waals surface area contributed by atoms with E-state index in [1.165, 1.54) is 12.1 Å². The van der Waals surface area contributed by atoms with Gasteiger partial charge in [-0.1, -0.05) is 6.07 Å². The molecule has 1 saturated heterocycles. The highest BCUT2D eigenvalue weighted by Gasteiger charge is 2.30. The van der Waals surface area contributed by atoms with E-state index in [-0.39, 0.29) is 24.2 Å². The van der Waals surface area contributed by atoms with Crippen LogP contribution >= 0.6 is 0 Å². The smallest absolute Gasteiger partial charge is 0.378 e. The van der Waals surface area contributed by atoms with Crippen LogP contribution in [-0.4, -0.2) is 43.2 Å². The first kappa shape index (κ1) is 17.6. The molecule has 4 nitrogen and oxygen atoms in total. The summed E-state index contributed by atoms with van der Waals surface area (Å²) in [4.78, 5) is 13.8. The van der Waals surface area contributed by atoms with Crippen LogP contribution in [0, 0.1) is 0 Å². The Bertz CT molecular complexity index is 526. The largest absolute Gasteiger partial charge is 0.416 e. The second-order valence-electron chi connectivity index (χ2n) is 5.47. The summed E-state index contributed by atoms with van der Waals surface area (Å²) >= 11 is 0. The van der Waals surface area contributed by atoms with Crippen molar-refractivity contribution < 1.29 is 22.7 Å².